The van der Waals surface area contributed by atoms with E-state index in [0.717, 1.165) is 5.69 Å². The van der Waals surface area contributed by atoms with Crippen molar-refractivity contribution in [2.24, 2.45) is 0 Å². The molecule has 0 aliphatic carbocycles. The first kappa shape index (κ1) is 14.7. The van der Waals surface area contributed by atoms with Crippen LogP contribution >= 0.6 is 0 Å². The van der Waals surface area contributed by atoms with E-state index in [1.54, 1.807) is 37.4 Å². The minimum absolute atomic E-state index is 0.326. The molecule has 0 saturated carbocycles. The number of rotatable bonds is 4. The van der Waals surface area contributed by atoms with Crippen molar-refractivity contribution >= 4 is 23.3 Å². The maximum Gasteiger partial charge on any atom is 0.414 e. The van der Waals surface area contributed by atoms with E-state index in [1.807, 2.05) is 12.1 Å². The SMILES string of the molecule is COc1ccc(Nc2cccc(C#N)n2)cc1N1CCOC1=O. The van der Waals surface area contributed by atoms with E-state index < -0.39 is 6.09 Å². The molecule has 2 heterocycles. The summed E-state index contributed by atoms with van der Waals surface area (Å²) in [7, 11) is 1.55. The Morgan fingerprint density at radius 3 is 2.96 bits per heavy atom. The minimum atomic E-state index is -0.398. The van der Waals surface area contributed by atoms with Crippen molar-refractivity contribution in [3.8, 4) is 11.8 Å². The number of methoxy groups -OCH3 is 1. The highest BCUT2D eigenvalue weighted by Crippen LogP contribution is 2.33. The van der Waals surface area contributed by atoms with Crippen molar-refractivity contribution in [1.82, 2.24) is 4.98 Å². The van der Waals surface area contributed by atoms with Crippen molar-refractivity contribution in [2.45, 2.75) is 0 Å². The third-order valence-electron chi connectivity index (χ3n) is 3.37. The fraction of sp³-hybridized carbons (Fsp3) is 0.188. The number of aromatic nitrogens is 1. The number of benzene rings is 1. The zero-order valence-electron chi connectivity index (χ0n) is 12.4. The van der Waals surface area contributed by atoms with Gasteiger partial charge in [0.05, 0.1) is 19.3 Å². The van der Waals surface area contributed by atoms with Crippen LogP contribution in [0.15, 0.2) is 36.4 Å². The first-order valence-electron chi connectivity index (χ1n) is 6.98. The predicted octanol–water partition coefficient (Wildman–Crippen LogP) is 2.66. The Morgan fingerprint density at radius 1 is 1.39 bits per heavy atom. The average molecular weight is 310 g/mol. The molecule has 1 amide bonds. The fourth-order valence-corrected chi connectivity index (χ4v) is 2.31. The lowest BCUT2D eigenvalue weighted by atomic mass is 10.2. The number of ether oxygens (including phenoxy) is 2. The highest BCUT2D eigenvalue weighted by atomic mass is 16.6. The molecule has 2 aromatic rings. The molecule has 3 rings (SSSR count). The summed E-state index contributed by atoms with van der Waals surface area (Å²) in [6, 6.07) is 12.5. The second kappa shape index (κ2) is 6.23. The standard InChI is InChI=1S/C16H14N4O3/c1-22-14-6-5-11(9-13(14)20-7-8-23-16(20)21)18-15-4-2-3-12(10-17)19-15/h2-6,9H,7-8H2,1H3,(H,18,19). The van der Waals surface area contributed by atoms with Crippen molar-refractivity contribution in [2.75, 3.05) is 30.5 Å². The van der Waals surface area contributed by atoms with Gasteiger partial charge in [-0.1, -0.05) is 6.07 Å². The van der Waals surface area contributed by atoms with Crippen LogP contribution in [-0.4, -0.2) is 31.3 Å². The lowest BCUT2D eigenvalue weighted by Gasteiger charge is -2.18. The topological polar surface area (TPSA) is 87.5 Å². The Labute approximate surface area is 133 Å². The van der Waals surface area contributed by atoms with Crippen LogP contribution in [0.4, 0.5) is 22.0 Å². The summed E-state index contributed by atoms with van der Waals surface area (Å²) in [6.45, 7) is 0.826. The van der Waals surface area contributed by atoms with Gasteiger partial charge in [0.25, 0.3) is 0 Å². The molecule has 0 spiro atoms. The molecule has 0 bridgehead atoms. The van der Waals surface area contributed by atoms with Crippen LogP contribution in [0.1, 0.15) is 5.69 Å². The Hall–Kier alpha value is -3.27. The first-order valence-corrected chi connectivity index (χ1v) is 6.98. The molecule has 1 aliphatic heterocycles. The van der Waals surface area contributed by atoms with Crippen LogP contribution in [-0.2, 0) is 4.74 Å². The highest BCUT2D eigenvalue weighted by molar-refractivity contribution is 5.92. The number of anilines is 3. The van der Waals surface area contributed by atoms with Crippen LogP contribution in [0.25, 0.3) is 0 Å². The Balaban J connectivity index is 1.91. The summed E-state index contributed by atoms with van der Waals surface area (Å²) in [5.74, 6) is 1.12. The number of hydrogen-bond donors (Lipinski definition) is 1. The van der Waals surface area contributed by atoms with Gasteiger partial charge in [0.1, 0.15) is 29.9 Å². The van der Waals surface area contributed by atoms with Gasteiger partial charge in [-0.3, -0.25) is 4.90 Å². The predicted molar refractivity (Wildman–Crippen MR) is 83.9 cm³/mol. The van der Waals surface area contributed by atoms with E-state index in [2.05, 4.69) is 10.3 Å². The normalized spacial score (nSPS) is 13.4. The minimum Gasteiger partial charge on any atom is -0.495 e. The van der Waals surface area contributed by atoms with Crippen LogP contribution in [0.2, 0.25) is 0 Å². The molecule has 116 valence electrons. The molecule has 1 saturated heterocycles. The summed E-state index contributed by atoms with van der Waals surface area (Å²) in [5, 5.41) is 12.0. The van der Waals surface area contributed by atoms with Gasteiger partial charge in [-0.25, -0.2) is 9.78 Å². The van der Waals surface area contributed by atoms with Crippen LogP contribution in [0.5, 0.6) is 5.75 Å². The van der Waals surface area contributed by atoms with Gasteiger partial charge in [-0.2, -0.15) is 5.26 Å². The van der Waals surface area contributed by atoms with Crippen LogP contribution < -0.4 is 15.0 Å². The first-order chi connectivity index (χ1) is 11.2. The van der Waals surface area contributed by atoms with Gasteiger partial charge in [0, 0.05) is 5.69 Å². The van der Waals surface area contributed by atoms with Gasteiger partial charge < -0.3 is 14.8 Å². The maximum atomic E-state index is 11.8. The number of amides is 1. The number of nitrogens with one attached hydrogen (secondary N) is 1. The molecule has 23 heavy (non-hydrogen) atoms. The van der Waals surface area contributed by atoms with Gasteiger partial charge in [-0.05, 0) is 30.3 Å². The lowest BCUT2D eigenvalue weighted by molar-refractivity contribution is 0.181. The molecular weight excluding hydrogens is 296 g/mol. The Morgan fingerprint density at radius 2 is 2.26 bits per heavy atom. The van der Waals surface area contributed by atoms with Gasteiger partial charge in [-0.15, -0.1) is 0 Å². The smallest absolute Gasteiger partial charge is 0.414 e. The third-order valence-corrected chi connectivity index (χ3v) is 3.37. The van der Waals surface area contributed by atoms with Crippen LogP contribution in [0, 0.1) is 11.3 Å². The summed E-state index contributed by atoms with van der Waals surface area (Å²) >= 11 is 0. The van der Waals surface area contributed by atoms with E-state index in [1.165, 1.54) is 4.90 Å². The van der Waals surface area contributed by atoms with E-state index in [9.17, 15) is 4.79 Å². The maximum absolute atomic E-state index is 11.8. The average Bonchev–Trinajstić information content (AvgIpc) is 3.01. The van der Waals surface area contributed by atoms with Gasteiger partial charge in [0.2, 0.25) is 0 Å². The highest BCUT2D eigenvalue weighted by Gasteiger charge is 2.26. The van der Waals surface area contributed by atoms with Gasteiger partial charge >= 0.3 is 6.09 Å². The van der Waals surface area contributed by atoms with Crippen molar-refractivity contribution in [1.29, 1.82) is 5.26 Å². The molecule has 1 aromatic carbocycles. The number of cyclic esters (lactones) is 1. The largest absolute Gasteiger partial charge is 0.495 e. The second-order valence-electron chi connectivity index (χ2n) is 4.80. The van der Waals surface area contributed by atoms with E-state index in [4.69, 9.17) is 14.7 Å². The number of carbonyl (C=O) groups excluding carboxylic acids is 1. The Kier molecular flexibility index (Phi) is 3.97. The fourth-order valence-electron chi connectivity index (χ4n) is 2.31. The molecule has 7 nitrogen and oxygen atoms in total. The van der Waals surface area contributed by atoms with E-state index in [0.29, 0.717) is 36.1 Å². The summed E-state index contributed by atoms with van der Waals surface area (Å²) in [5.41, 5.74) is 1.67. The quantitative estimate of drug-likeness (QED) is 0.934. The summed E-state index contributed by atoms with van der Waals surface area (Å²) in [4.78, 5) is 17.5. The number of nitriles is 1. The number of nitrogens with zero attached hydrogens (tertiary/aromatic N) is 3. The molecule has 1 fully saturated rings. The zero-order valence-corrected chi connectivity index (χ0v) is 12.4. The van der Waals surface area contributed by atoms with Crippen molar-refractivity contribution < 1.29 is 14.3 Å². The molecular formula is C16H14N4O3. The number of pyridine rings is 1. The molecule has 1 aromatic heterocycles. The molecule has 1 aliphatic rings. The summed E-state index contributed by atoms with van der Waals surface area (Å²) < 4.78 is 10.3. The van der Waals surface area contributed by atoms with Crippen molar-refractivity contribution in [3.05, 3.63) is 42.1 Å². The molecule has 7 heteroatoms. The Bertz CT molecular complexity index is 785. The zero-order chi connectivity index (χ0) is 16.2. The van der Waals surface area contributed by atoms with Crippen LogP contribution in [0.3, 0.4) is 0 Å². The summed E-state index contributed by atoms with van der Waals surface area (Å²) in [6.07, 6.45) is -0.398. The molecule has 0 unspecified atom stereocenters. The van der Waals surface area contributed by atoms with E-state index >= 15 is 0 Å². The molecule has 1 N–H and O–H groups in total. The number of hydrogen-bond acceptors (Lipinski definition) is 6. The van der Waals surface area contributed by atoms with Gasteiger partial charge in [0.15, 0.2) is 0 Å². The number of carbonyl (C=O) groups is 1. The van der Waals surface area contributed by atoms with Crippen molar-refractivity contribution in [3.63, 3.8) is 0 Å². The second-order valence-corrected chi connectivity index (χ2v) is 4.80. The molecule has 0 radical (unpaired) electrons. The molecule has 0 atom stereocenters. The third kappa shape index (κ3) is 3.01. The monoisotopic (exact) mass is 310 g/mol. The van der Waals surface area contributed by atoms with E-state index in [-0.39, 0.29) is 0 Å². The lowest BCUT2D eigenvalue weighted by Crippen LogP contribution is -2.23.